The number of carbonyl (C=O) groups excluding carboxylic acids is 1. The van der Waals surface area contributed by atoms with Gasteiger partial charge in [0.1, 0.15) is 0 Å². The van der Waals surface area contributed by atoms with Crippen LogP contribution in [0.4, 0.5) is 5.82 Å². The molecule has 0 saturated heterocycles. The Morgan fingerprint density at radius 1 is 1.22 bits per heavy atom. The summed E-state index contributed by atoms with van der Waals surface area (Å²) < 4.78 is 1.49. The number of aromatic nitrogens is 2. The van der Waals surface area contributed by atoms with Crippen LogP contribution in [-0.4, -0.2) is 15.9 Å². The molecule has 1 heterocycles. The lowest BCUT2D eigenvalue weighted by atomic mass is 10.2. The summed E-state index contributed by atoms with van der Waals surface area (Å²) in [4.78, 5) is 19.8. The fourth-order valence-corrected chi connectivity index (χ4v) is 2.19. The van der Waals surface area contributed by atoms with Gasteiger partial charge in [0.25, 0.3) is 5.91 Å². The number of halogens is 3. The molecular weight excluding hydrogens is 385 g/mol. The molecule has 2 aromatic rings. The molecule has 0 aliphatic rings. The third kappa shape index (κ3) is 3.07. The van der Waals surface area contributed by atoms with Gasteiger partial charge in [-0.1, -0.05) is 27.5 Å². The van der Waals surface area contributed by atoms with Crippen LogP contribution in [0.3, 0.4) is 0 Å². The van der Waals surface area contributed by atoms with E-state index in [9.17, 15) is 4.79 Å². The van der Waals surface area contributed by atoms with Gasteiger partial charge < -0.3 is 5.32 Å². The maximum atomic E-state index is 12.1. The van der Waals surface area contributed by atoms with Crippen LogP contribution in [0, 0.1) is 0 Å². The molecule has 92 valence electrons. The number of hydrogen-bond donors (Lipinski definition) is 1. The zero-order valence-electron chi connectivity index (χ0n) is 8.82. The Labute approximate surface area is 125 Å². The van der Waals surface area contributed by atoms with E-state index in [0.717, 1.165) is 4.47 Å². The summed E-state index contributed by atoms with van der Waals surface area (Å²) in [5.41, 5.74) is 0.478. The van der Waals surface area contributed by atoms with Gasteiger partial charge in [0.05, 0.1) is 5.56 Å². The summed E-state index contributed by atoms with van der Waals surface area (Å²) in [5.74, 6) is -0.0818. The average molecular weight is 391 g/mol. The molecule has 0 bridgehead atoms. The van der Waals surface area contributed by atoms with Gasteiger partial charge in [-0.2, -0.15) is 0 Å². The largest absolute Gasteiger partial charge is 0.304 e. The molecule has 0 fully saturated rings. The molecule has 2 rings (SSSR count). The first-order valence-electron chi connectivity index (χ1n) is 4.81. The van der Waals surface area contributed by atoms with Crippen LogP contribution in [0.2, 0.25) is 5.15 Å². The highest BCUT2D eigenvalue weighted by Gasteiger charge is 2.13. The zero-order chi connectivity index (χ0) is 13.1. The predicted octanol–water partition coefficient (Wildman–Crippen LogP) is 3.91. The number of rotatable bonds is 2. The number of nitrogens with zero attached hydrogens (tertiary/aromatic N) is 2. The molecule has 18 heavy (non-hydrogen) atoms. The van der Waals surface area contributed by atoms with Crippen molar-refractivity contribution in [3.63, 3.8) is 0 Å². The molecule has 0 saturated carbocycles. The molecule has 0 spiro atoms. The second-order valence-corrected chi connectivity index (χ2v) is 5.40. The van der Waals surface area contributed by atoms with Crippen LogP contribution in [0.1, 0.15) is 10.4 Å². The van der Waals surface area contributed by atoms with E-state index in [1.807, 2.05) is 6.07 Å². The number of nitrogens with one attached hydrogen (secondary N) is 1. The number of benzene rings is 1. The van der Waals surface area contributed by atoms with Crippen LogP contribution in [0.15, 0.2) is 39.5 Å². The third-order valence-corrected chi connectivity index (χ3v) is 3.52. The number of hydrogen-bond acceptors (Lipinski definition) is 3. The van der Waals surface area contributed by atoms with Crippen molar-refractivity contribution < 1.29 is 4.79 Å². The summed E-state index contributed by atoms with van der Waals surface area (Å²) in [6, 6.07) is 5.30. The number of carbonyl (C=O) groups is 1. The van der Waals surface area contributed by atoms with Crippen molar-refractivity contribution in [2.75, 3.05) is 5.32 Å². The van der Waals surface area contributed by atoms with E-state index in [1.54, 1.807) is 12.1 Å². The van der Waals surface area contributed by atoms with Gasteiger partial charge in [-0.25, -0.2) is 9.97 Å². The smallest absolute Gasteiger partial charge is 0.258 e. The quantitative estimate of drug-likeness (QED) is 0.845. The Balaban J connectivity index is 2.28. The summed E-state index contributed by atoms with van der Waals surface area (Å²) in [7, 11) is 0. The Bertz CT molecular complexity index is 607. The first-order valence-corrected chi connectivity index (χ1v) is 6.77. The molecule has 0 radical (unpaired) electrons. The summed E-state index contributed by atoms with van der Waals surface area (Å²) >= 11 is 12.4. The minimum absolute atomic E-state index is 0.150. The van der Waals surface area contributed by atoms with Crippen molar-refractivity contribution in [2.24, 2.45) is 0 Å². The third-order valence-electron chi connectivity index (χ3n) is 2.06. The number of amides is 1. The minimum atomic E-state index is -0.314. The van der Waals surface area contributed by atoms with Gasteiger partial charge in [-0.05, 0) is 34.1 Å². The van der Waals surface area contributed by atoms with E-state index >= 15 is 0 Å². The summed E-state index contributed by atoms with van der Waals surface area (Å²) in [5, 5.41) is 2.75. The molecule has 1 N–H and O–H groups in total. The van der Waals surface area contributed by atoms with E-state index < -0.39 is 0 Å². The maximum Gasteiger partial charge on any atom is 0.258 e. The monoisotopic (exact) mass is 389 g/mol. The van der Waals surface area contributed by atoms with Crippen molar-refractivity contribution >= 4 is 55.2 Å². The first-order chi connectivity index (χ1) is 8.58. The molecule has 1 aromatic carbocycles. The average Bonchev–Trinajstić information content (AvgIpc) is 2.35. The van der Waals surface area contributed by atoms with Crippen molar-refractivity contribution in [1.82, 2.24) is 9.97 Å². The molecule has 0 aliphatic heterocycles. The lowest BCUT2D eigenvalue weighted by Gasteiger charge is -2.07. The van der Waals surface area contributed by atoms with Crippen molar-refractivity contribution in [1.29, 1.82) is 0 Å². The van der Waals surface area contributed by atoms with E-state index in [1.165, 1.54) is 12.4 Å². The fraction of sp³-hybridized carbons (Fsp3) is 0. The normalized spacial score (nSPS) is 10.2. The topological polar surface area (TPSA) is 54.9 Å². The fourth-order valence-electron chi connectivity index (χ4n) is 1.25. The Hall–Kier alpha value is -0.980. The zero-order valence-corrected chi connectivity index (χ0v) is 12.8. The Morgan fingerprint density at radius 2 is 1.94 bits per heavy atom. The van der Waals surface area contributed by atoms with E-state index in [4.69, 9.17) is 11.6 Å². The van der Waals surface area contributed by atoms with E-state index in [-0.39, 0.29) is 16.9 Å². The van der Waals surface area contributed by atoms with Gasteiger partial charge in [-0.15, -0.1) is 0 Å². The van der Waals surface area contributed by atoms with Crippen LogP contribution in [-0.2, 0) is 0 Å². The Kier molecular flexibility index (Phi) is 4.31. The predicted molar refractivity (Wildman–Crippen MR) is 76.8 cm³/mol. The van der Waals surface area contributed by atoms with Crippen molar-refractivity contribution in [3.8, 4) is 0 Å². The lowest BCUT2D eigenvalue weighted by molar-refractivity contribution is 0.102. The summed E-state index contributed by atoms with van der Waals surface area (Å²) in [6.45, 7) is 0. The van der Waals surface area contributed by atoms with Gasteiger partial charge >= 0.3 is 0 Å². The first kappa shape index (κ1) is 13.5. The summed E-state index contributed by atoms with van der Waals surface area (Å²) in [6.07, 6.45) is 2.91. The van der Waals surface area contributed by atoms with E-state index in [2.05, 4.69) is 47.1 Å². The second kappa shape index (κ2) is 5.77. The van der Waals surface area contributed by atoms with Crippen LogP contribution in [0.25, 0.3) is 0 Å². The maximum absolute atomic E-state index is 12.1. The molecule has 1 aromatic heterocycles. The van der Waals surface area contributed by atoms with Crippen LogP contribution >= 0.6 is 43.5 Å². The van der Waals surface area contributed by atoms with Crippen LogP contribution in [0.5, 0.6) is 0 Å². The van der Waals surface area contributed by atoms with E-state index in [0.29, 0.717) is 10.0 Å². The van der Waals surface area contributed by atoms with Gasteiger partial charge in [0.15, 0.2) is 11.0 Å². The molecule has 0 unspecified atom stereocenters. The molecule has 0 atom stereocenters. The van der Waals surface area contributed by atoms with Crippen molar-refractivity contribution in [2.45, 2.75) is 0 Å². The van der Waals surface area contributed by atoms with Gasteiger partial charge in [0, 0.05) is 21.3 Å². The Morgan fingerprint density at radius 3 is 2.67 bits per heavy atom. The molecular formula is C11H6Br2ClN3O. The SMILES string of the molecule is O=C(Nc1nccnc1Cl)c1cc(Br)ccc1Br. The van der Waals surface area contributed by atoms with Gasteiger partial charge in [-0.3, -0.25) is 4.79 Å². The minimum Gasteiger partial charge on any atom is -0.304 e. The second-order valence-electron chi connectivity index (χ2n) is 3.27. The van der Waals surface area contributed by atoms with Crippen LogP contribution < -0.4 is 5.32 Å². The number of anilines is 1. The van der Waals surface area contributed by atoms with Gasteiger partial charge in [0.2, 0.25) is 0 Å². The highest BCUT2D eigenvalue weighted by atomic mass is 79.9. The van der Waals surface area contributed by atoms with Crippen molar-refractivity contribution in [3.05, 3.63) is 50.3 Å². The molecule has 1 amide bonds. The molecule has 4 nitrogen and oxygen atoms in total. The molecule has 7 heteroatoms. The lowest BCUT2D eigenvalue weighted by Crippen LogP contribution is -2.14. The molecule has 0 aliphatic carbocycles. The highest BCUT2D eigenvalue weighted by Crippen LogP contribution is 2.23. The highest BCUT2D eigenvalue weighted by molar-refractivity contribution is 9.11. The standard InChI is InChI=1S/C11H6Br2ClN3O/c12-6-1-2-8(13)7(5-6)11(18)17-10-9(14)15-3-4-16-10/h1-5H,(H,16,17,18).